The molecule has 166 valence electrons. The zero-order valence-electron chi connectivity index (χ0n) is 18.8. The third-order valence-electron chi connectivity index (χ3n) is 5.92. The predicted molar refractivity (Wildman–Crippen MR) is 123 cm³/mol. The van der Waals surface area contributed by atoms with E-state index in [4.69, 9.17) is 0 Å². The number of rotatable bonds is 5. The highest BCUT2D eigenvalue weighted by Gasteiger charge is 2.27. The minimum Gasteiger partial charge on any atom is -0.349 e. The number of nitrogens with one attached hydrogen (secondary N) is 1. The molecule has 0 bridgehead atoms. The summed E-state index contributed by atoms with van der Waals surface area (Å²) in [5, 5.41) is 7.68. The maximum Gasteiger partial charge on any atom is 0.255 e. The fourth-order valence-corrected chi connectivity index (χ4v) is 4.15. The Morgan fingerprint density at radius 2 is 1.69 bits per heavy atom. The lowest BCUT2D eigenvalue weighted by Crippen LogP contribution is -2.46. The molecular formula is C25H29N5O2. The van der Waals surface area contributed by atoms with Crippen molar-refractivity contribution in [3.63, 3.8) is 0 Å². The van der Waals surface area contributed by atoms with E-state index in [1.165, 1.54) is 5.56 Å². The minimum atomic E-state index is -0.106. The van der Waals surface area contributed by atoms with Gasteiger partial charge in [-0.3, -0.25) is 14.6 Å². The molecule has 0 radical (unpaired) electrons. The van der Waals surface area contributed by atoms with Crippen LogP contribution in [-0.2, 0) is 0 Å². The van der Waals surface area contributed by atoms with E-state index in [9.17, 15) is 9.59 Å². The van der Waals surface area contributed by atoms with Gasteiger partial charge < -0.3 is 10.2 Å². The van der Waals surface area contributed by atoms with Crippen LogP contribution in [-0.4, -0.2) is 50.6 Å². The molecule has 2 aromatic heterocycles. The van der Waals surface area contributed by atoms with Gasteiger partial charge in [0.1, 0.15) is 0 Å². The summed E-state index contributed by atoms with van der Waals surface area (Å²) < 4.78 is 1.86. The normalized spacial score (nSPS) is 14.6. The Morgan fingerprint density at radius 1 is 1.03 bits per heavy atom. The Labute approximate surface area is 188 Å². The summed E-state index contributed by atoms with van der Waals surface area (Å²) >= 11 is 0. The Kier molecular flexibility index (Phi) is 6.35. The predicted octanol–water partition coefficient (Wildman–Crippen LogP) is 3.73. The van der Waals surface area contributed by atoms with E-state index in [2.05, 4.69) is 29.2 Å². The molecule has 1 aromatic carbocycles. The molecule has 3 heterocycles. The highest BCUT2D eigenvalue weighted by atomic mass is 16.2. The van der Waals surface area contributed by atoms with Crippen LogP contribution in [0.3, 0.4) is 0 Å². The standard InChI is InChI=1S/C25H29N5O2/c1-17(2)23-22(16-27-30(23)21-6-4-18(3)5-7-21)24(31)28-20-10-14-29(15-11-20)25(32)19-8-12-26-13-9-19/h4-9,12-13,16-17,20H,10-11,14-15H2,1-3H3,(H,28,31). The van der Waals surface area contributed by atoms with Gasteiger partial charge in [0, 0.05) is 37.1 Å². The van der Waals surface area contributed by atoms with E-state index in [0.717, 1.165) is 24.2 Å². The topological polar surface area (TPSA) is 80.1 Å². The molecule has 0 saturated carbocycles. The molecule has 2 amide bonds. The summed E-state index contributed by atoms with van der Waals surface area (Å²) in [5.41, 5.74) is 4.28. The maximum absolute atomic E-state index is 13.1. The molecule has 1 saturated heterocycles. The van der Waals surface area contributed by atoms with Gasteiger partial charge in [0.05, 0.1) is 23.1 Å². The molecule has 1 fully saturated rings. The van der Waals surface area contributed by atoms with Crippen LogP contribution in [0.1, 0.15) is 64.6 Å². The van der Waals surface area contributed by atoms with Crippen LogP contribution in [0.2, 0.25) is 0 Å². The lowest BCUT2D eigenvalue weighted by molar-refractivity contribution is 0.0698. The molecule has 0 aliphatic carbocycles. The van der Waals surface area contributed by atoms with Gasteiger partial charge in [-0.25, -0.2) is 4.68 Å². The van der Waals surface area contributed by atoms with E-state index >= 15 is 0 Å². The highest BCUT2D eigenvalue weighted by molar-refractivity contribution is 5.96. The van der Waals surface area contributed by atoms with Crippen molar-refractivity contribution >= 4 is 11.8 Å². The van der Waals surface area contributed by atoms with Crippen molar-refractivity contribution < 1.29 is 9.59 Å². The van der Waals surface area contributed by atoms with E-state index in [-0.39, 0.29) is 23.8 Å². The van der Waals surface area contributed by atoms with Gasteiger partial charge in [0.25, 0.3) is 11.8 Å². The van der Waals surface area contributed by atoms with E-state index < -0.39 is 0 Å². The van der Waals surface area contributed by atoms with Crippen LogP contribution in [0.4, 0.5) is 0 Å². The third-order valence-corrected chi connectivity index (χ3v) is 5.92. The number of nitrogens with zero attached hydrogens (tertiary/aromatic N) is 4. The second kappa shape index (κ2) is 9.34. The second-order valence-corrected chi connectivity index (χ2v) is 8.62. The van der Waals surface area contributed by atoms with Gasteiger partial charge >= 0.3 is 0 Å². The van der Waals surface area contributed by atoms with Gasteiger partial charge in [-0.1, -0.05) is 31.5 Å². The number of likely N-dealkylation sites (tertiary alicyclic amines) is 1. The van der Waals surface area contributed by atoms with E-state index in [1.54, 1.807) is 30.7 Å². The summed E-state index contributed by atoms with van der Waals surface area (Å²) in [6.45, 7) is 7.42. The average Bonchev–Trinajstić information content (AvgIpc) is 3.26. The lowest BCUT2D eigenvalue weighted by Gasteiger charge is -2.32. The van der Waals surface area contributed by atoms with Gasteiger partial charge in [-0.2, -0.15) is 5.10 Å². The minimum absolute atomic E-state index is 0.0126. The molecule has 1 aliphatic heterocycles. The maximum atomic E-state index is 13.1. The van der Waals surface area contributed by atoms with Crippen molar-refractivity contribution in [3.8, 4) is 5.69 Å². The summed E-state index contributed by atoms with van der Waals surface area (Å²) in [6, 6.07) is 11.6. The average molecular weight is 432 g/mol. The SMILES string of the molecule is Cc1ccc(-n2ncc(C(=O)NC3CCN(C(=O)c4ccncc4)CC3)c2C(C)C)cc1. The van der Waals surface area contributed by atoms with Crippen LogP contribution >= 0.6 is 0 Å². The van der Waals surface area contributed by atoms with E-state index in [1.807, 2.05) is 40.8 Å². The van der Waals surface area contributed by atoms with Crippen molar-refractivity contribution in [2.75, 3.05) is 13.1 Å². The smallest absolute Gasteiger partial charge is 0.255 e. The van der Waals surface area contributed by atoms with E-state index in [0.29, 0.717) is 24.2 Å². The summed E-state index contributed by atoms with van der Waals surface area (Å²) in [4.78, 5) is 31.6. The quantitative estimate of drug-likeness (QED) is 0.667. The number of hydrogen-bond acceptors (Lipinski definition) is 4. The first kappa shape index (κ1) is 21.7. The molecule has 0 unspecified atom stereocenters. The van der Waals surface area contributed by atoms with Crippen LogP contribution in [0.5, 0.6) is 0 Å². The van der Waals surface area contributed by atoms with Crippen molar-refractivity contribution in [1.29, 1.82) is 0 Å². The van der Waals surface area contributed by atoms with Crippen molar-refractivity contribution in [3.05, 3.63) is 77.4 Å². The fraction of sp³-hybridized carbons (Fsp3) is 0.360. The number of amides is 2. The number of piperidine rings is 1. The first-order valence-electron chi connectivity index (χ1n) is 11.1. The summed E-state index contributed by atoms with van der Waals surface area (Å²) in [5.74, 6) is 0.0454. The van der Waals surface area contributed by atoms with Crippen molar-refractivity contribution in [2.24, 2.45) is 0 Å². The Hall–Kier alpha value is -3.48. The van der Waals surface area contributed by atoms with Gasteiger partial charge in [0.15, 0.2) is 0 Å². The summed E-state index contributed by atoms with van der Waals surface area (Å²) in [6.07, 6.45) is 6.37. The van der Waals surface area contributed by atoms with Gasteiger partial charge in [0.2, 0.25) is 0 Å². The van der Waals surface area contributed by atoms with Gasteiger partial charge in [-0.15, -0.1) is 0 Å². The molecule has 0 spiro atoms. The number of carbonyl (C=O) groups is 2. The molecule has 32 heavy (non-hydrogen) atoms. The Bertz CT molecular complexity index is 1080. The van der Waals surface area contributed by atoms with Crippen LogP contribution in [0.25, 0.3) is 5.69 Å². The number of aromatic nitrogens is 3. The number of benzene rings is 1. The van der Waals surface area contributed by atoms with Crippen LogP contribution in [0.15, 0.2) is 55.0 Å². The Morgan fingerprint density at radius 3 is 2.31 bits per heavy atom. The molecule has 1 N–H and O–H groups in total. The zero-order chi connectivity index (χ0) is 22.7. The van der Waals surface area contributed by atoms with Crippen LogP contribution in [0, 0.1) is 6.92 Å². The third kappa shape index (κ3) is 4.56. The molecular weight excluding hydrogens is 402 g/mol. The van der Waals surface area contributed by atoms with Crippen molar-refractivity contribution in [2.45, 2.75) is 45.6 Å². The number of pyridine rings is 1. The fourth-order valence-electron chi connectivity index (χ4n) is 4.15. The lowest BCUT2D eigenvalue weighted by atomic mass is 10.0. The first-order valence-corrected chi connectivity index (χ1v) is 11.1. The highest BCUT2D eigenvalue weighted by Crippen LogP contribution is 2.24. The van der Waals surface area contributed by atoms with Gasteiger partial charge in [-0.05, 0) is 49.9 Å². The summed E-state index contributed by atoms with van der Waals surface area (Å²) in [7, 11) is 0. The molecule has 7 nitrogen and oxygen atoms in total. The number of carbonyl (C=O) groups excluding carboxylic acids is 2. The van der Waals surface area contributed by atoms with Crippen LogP contribution < -0.4 is 5.32 Å². The molecule has 3 aromatic rings. The molecule has 7 heteroatoms. The Balaban J connectivity index is 1.42. The van der Waals surface area contributed by atoms with Crippen molar-refractivity contribution in [1.82, 2.24) is 25.0 Å². The molecule has 1 aliphatic rings. The molecule has 0 atom stereocenters. The zero-order valence-corrected chi connectivity index (χ0v) is 18.8. The molecule has 4 rings (SSSR count). The monoisotopic (exact) mass is 431 g/mol. The number of hydrogen-bond donors (Lipinski definition) is 1. The number of aryl methyl sites for hydroxylation is 1. The largest absolute Gasteiger partial charge is 0.349 e. The first-order chi connectivity index (χ1) is 15.4. The second-order valence-electron chi connectivity index (χ2n) is 8.62.